The number of ether oxygens (including phenoxy) is 12. The normalized spacial score (nSPS) is 57.2. The molecule has 4 aliphatic carbocycles. The van der Waals surface area contributed by atoms with Gasteiger partial charge in [-0.15, -0.1) is 0 Å². The third kappa shape index (κ3) is 11.5. The van der Waals surface area contributed by atoms with E-state index in [1.165, 1.54) is 0 Å². The number of aliphatic hydroxyl groups excluding tert-OH is 16. The molecule has 4 saturated carbocycles. The molecule has 28 nitrogen and oxygen atoms in total. The van der Waals surface area contributed by atoms with E-state index in [1.54, 1.807) is 0 Å². The molecule has 37 atom stereocenters. The van der Waals surface area contributed by atoms with Crippen LogP contribution in [-0.2, 0) is 56.8 Å². The summed E-state index contributed by atoms with van der Waals surface area (Å²) in [6.45, 7) is 5.68. The zero-order valence-electron chi connectivity index (χ0n) is 48.5. The second-order valence-corrected chi connectivity index (χ2v) is 27.1. The highest BCUT2D eigenvalue weighted by Crippen LogP contribution is 2.71. The van der Waals surface area contributed by atoms with Crippen molar-refractivity contribution in [2.75, 3.05) is 39.6 Å². The lowest BCUT2D eigenvalue weighted by molar-refractivity contribution is -0.411. The first-order chi connectivity index (χ1) is 40.4. The first-order valence-corrected chi connectivity index (χ1v) is 30.9. The highest BCUT2D eigenvalue weighted by atomic mass is 16.8. The van der Waals surface area contributed by atoms with Crippen LogP contribution in [-0.4, -0.2) is 293 Å². The summed E-state index contributed by atoms with van der Waals surface area (Å²) in [6, 6.07) is 0. The molecule has 0 aromatic rings. The topological polar surface area (TPSA) is 434 Å². The van der Waals surface area contributed by atoms with Gasteiger partial charge in [-0.1, -0.05) is 27.7 Å². The van der Waals surface area contributed by atoms with Crippen LogP contribution >= 0.6 is 0 Å². The lowest BCUT2D eigenvalue weighted by Gasteiger charge is -2.61. The van der Waals surface area contributed by atoms with Crippen molar-refractivity contribution in [3.8, 4) is 0 Å². The summed E-state index contributed by atoms with van der Waals surface area (Å²) in [4.78, 5) is 0. The first kappa shape index (κ1) is 65.4. The van der Waals surface area contributed by atoms with Gasteiger partial charge < -0.3 is 139 Å². The Morgan fingerprint density at radius 2 is 0.906 bits per heavy atom. The quantitative estimate of drug-likeness (QED) is 0.0682. The van der Waals surface area contributed by atoms with Gasteiger partial charge in [-0.3, -0.25) is 0 Å². The fourth-order valence-corrected chi connectivity index (χ4v) is 17.6. The Morgan fingerprint density at radius 1 is 0.412 bits per heavy atom. The van der Waals surface area contributed by atoms with E-state index in [2.05, 4.69) is 27.7 Å². The standard InChI is InChI=1S/C57H94O28/c1-21-7-12-57(74-20-21)22(2)34-28(85-57)14-27-25-6-5-23-13-24(8-10-55(23,3)26(25)9-11-56(27,34)4)75-50-44(72)41(69)46(33(19-62)80-50)81-54-49(48(38(66)32(18-61)79-54)83-52-43(71)40(68)36(64)30(16-59)77-52)84-53-45(73)47(37(65)31(17-60)78-53)82-51-42(70)39(67)35(63)29(15-58)76-51/h21-54,58-73H,5-20H2,1-4H3/t21-,22+,23+,24+,25-,26+,27+,28+,29-,30-,31-,32-,33-,34+,35-,36-,37-,38-,39+,40+,41-,42-,43-,44-,45-,46+,47+,48+,49-,50-,51+,52+,53+,54+,55+,56+,57-/m1/s1. The maximum absolute atomic E-state index is 12.0. The Morgan fingerprint density at radius 3 is 1.49 bits per heavy atom. The van der Waals surface area contributed by atoms with Crippen molar-refractivity contribution in [3.63, 3.8) is 0 Å². The van der Waals surface area contributed by atoms with Crippen LogP contribution in [0.3, 0.4) is 0 Å². The summed E-state index contributed by atoms with van der Waals surface area (Å²) < 4.78 is 73.6. The molecule has 11 fully saturated rings. The molecule has 11 rings (SSSR count). The second-order valence-electron chi connectivity index (χ2n) is 27.1. The van der Waals surface area contributed by atoms with E-state index >= 15 is 0 Å². The van der Waals surface area contributed by atoms with Gasteiger partial charge in [-0.05, 0) is 104 Å². The smallest absolute Gasteiger partial charge is 0.187 e. The highest BCUT2D eigenvalue weighted by molar-refractivity contribution is 5.16. The van der Waals surface area contributed by atoms with Gasteiger partial charge in [0.25, 0.3) is 0 Å². The summed E-state index contributed by atoms with van der Waals surface area (Å²) in [7, 11) is 0. The van der Waals surface area contributed by atoms with Gasteiger partial charge in [0.1, 0.15) is 122 Å². The molecule has 7 heterocycles. The minimum atomic E-state index is -2.22. The summed E-state index contributed by atoms with van der Waals surface area (Å²) in [6.07, 6.45) is -37.8. The molecule has 7 saturated heterocycles. The van der Waals surface area contributed by atoms with Gasteiger partial charge in [0, 0.05) is 12.3 Å². The molecule has 11 aliphatic rings. The maximum Gasteiger partial charge on any atom is 0.187 e. The molecule has 0 bridgehead atoms. The van der Waals surface area contributed by atoms with Crippen molar-refractivity contribution in [2.24, 2.45) is 52.3 Å². The van der Waals surface area contributed by atoms with Gasteiger partial charge >= 0.3 is 0 Å². The second kappa shape index (κ2) is 25.8. The summed E-state index contributed by atoms with van der Waals surface area (Å²) in [5.74, 6) is 2.76. The number of aliphatic hydroxyl groups is 16. The van der Waals surface area contributed by atoms with Crippen molar-refractivity contribution in [1.82, 2.24) is 0 Å². The number of fused-ring (bicyclic) bond motifs is 7. The number of hydrogen-bond donors (Lipinski definition) is 16. The monoisotopic (exact) mass is 1230 g/mol. The summed E-state index contributed by atoms with van der Waals surface area (Å²) in [5.41, 5.74) is 0.199. The largest absolute Gasteiger partial charge is 0.394 e. The van der Waals surface area contributed by atoms with E-state index in [9.17, 15) is 81.7 Å². The molecule has 85 heavy (non-hydrogen) atoms. The van der Waals surface area contributed by atoms with Crippen molar-refractivity contribution >= 4 is 0 Å². The molecular weight excluding hydrogens is 1130 g/mol. The van der Waals surface area contributed by atoms with Crippen LogP contribution in [0.1, 0.15) is 91.9 Å². The van der Waals surface area contributed by atoms with Gasteiger partial charge in [-0.2, -0.15) is 0 Å². The first-order valence-electron chi connectivity index (χ1n) is 30.9. The average Bonchev–Trinajstić information content (AvgIpc) is 1.59. The third-order valence-electron chi connectivity index (χ3n) is 22.5. The molecule has 0 aromatic heterocycles. The molecule has 16 N–H and O–H groups in total. The van der Waals surface area contributed by atoms with Crippen LogP contribution in [0.4, 0.5) is 0 Å². The van der Waals surface area contributed by atoms with E-state index in [0.717, 1.165) is 58.0 Å². The molecule has 7 aliphatic heterocycles. The summed E-state index contributed by atoms with van der Waals surface area (Å²) in [5, 5.41) is 175. The van der Waals surface area contributed by atoms with Crippen LogP contribution in [0.25, 0.3) is 0 Å². The fourth-order valence-electron chi connectivity index (χ4n) is 17.6. The van der Waals surface area contributed by atoms with Gasteiger partial charge in [-0.25, -0.2) is 0 Å². The Balaban J connectivity index is 0.793. The van der Waals surface area contributed by atoms with Crippen LogP contribution in [0.15, 0.2) is 0 Å². The zero-order valence-corrected chi connectivity index (χ0v) is 48.5. The molecule has 0 radical (unpaired) electrons. The van der Waals surface area contributed by atoms with E-state index in [1.807, 2.05) is 0 Å². The Hall–Kier alpha value is -1.12. The number of hydrogen-bond acceptors (Lipinski definition) is 28. The molecule has 490 valence electrons. The zero-order chi connectivity index (χ0) is 60.9. The lowest BCUT2D eigenvalue weighted by Crippen LogP contribution is -2.69. The van der Waals surface area contributed by atoms with E-state index in [4.69, 9.17) is 56.8 Å². The average molecular weight is 1230 g/mol. The van der Waals surface area contributed by atoms with Crippen molar-refractivity contribution in [1.29, 1.82) is 0 Å². The number of rotatable bonds is 15. The molecule has 0 amide bonds. The Bertz CT molecular complexity index is 2200. The predicted molar refractivity (Wildman–Crippen MR) is 281 cm³/mol. The minimum absolute atomic E-state index is 0.0367. The SMILES string of the molecule is C[C@@H]1CC[C@@]2(OC1)O[C@H]1C[C@H]3[C@@H]4CC[C@H]5C[C@@H](O[C@@H]6O[C@H](CO)[C@H](O[C@@H]7O[C@H](CO)[C@@H](O)[C@H](O[C@@H]8O[C@H](CO)[C@@H](O)[C@H](O)[C@H]8O)[C@H]7O[C@@H]7O[C@H](CO)[C@@H](O)[C@H](O[C@@H]8O[C@H](CO)[C@@H](O)[C@H](O)[C@H]8O)[C@H]7O)[C@H](O)[C@H]6O)CC[C@]5(C)[C@H]4CC[C@]3(C)[C@H]1[C@@H]2C. The molecule has 0 unspecified atom stereocenters. The van der Waals surface area contributed by atoms with Crippen LogP contribution < -0.4 is 0 Å². The van der Waals surface area contributed by atoms with E-state index in [-0.39, 0.29) is 16.9 Å². The van der Waals surface area contributed by atoms with Crippen molar-refractivity contribution in [2.45, 2.75) is 263 Å². The summed E-state index contributed by atoms with van der Waals surface area (Å²) >= 11 is 0. The minimum Gasteiger partial charge on any atom is -0.394 e. The van der Waals surface area contributed by atoms with Crippen LogP contribution in [0, 0.1) is 52.3 Å². The molecular formula is C57H94O28. The third-order valence-corrected chi connectivity index (χ3v) is 22.5. The fraction of sp³-hybridized carbons (Fsp3) is 1.00. The Kier molecular flexibility index (Phi) is 19.8. The van der Waals surface area contributed by atoms with Crippen LogP contribution in [0.5, 0.6) is 0 Å². The molecule has 1 spiro atoms. The van der Waals surface area contributed by atoms with Gasteiger partial charge in [0.15, 0.2) is 37.2 Å². The van der Waals surface area contributed by atoms with Gasteiger partial charge in [0.2, 0.25) is 0 Å². The van der Waals surface area contributed by atoms with E-state index < -0.39 is 198 Å². The molecule has 0 aromatic carbocycles. The highest BCUT2D eigenvalue weighted by Gasteiger charge is 2.70. The predicted octanol–water partition coefficient (Wildman–Crippen LogP) is -5.09. The Labute approximate surface area is 492 Å². The maximum atomic E-state index is 12.0. The van der Waals surface area contributed by atoms with Crippen molar-refractivity contribution < 1.29 is 139 Å². The molecule has 28 heteroatoms. The van der Waals surface area contributed by atoms with Gasteiger partial charge in [0.05, 0.1) is 51.8 Å². The van der Waals surface area contributed by atoms with Crippen molar-refractivity contribution in [3.05, 3.63) is 0 Å². The lowest BCUT2D eigenvalue weighted by atomic mass is 9.44. The van der Waals surface area contributed by atoms with E-state index in [0.29, 0.717) is 54.3 Å². The van der Waals surface area contributed by atoms with Crippen LogP contribution in [0.2, 0.25) is 0 Å².